The number of amides is 1. The molecule has 3 N–H and O–H groups in total. The summed E-state index contributed by atoms with van der Waals surface area (Å²) in [6.07, 6.45) is 3.04. The van der Waals surface area contributed by atoms with E-state index in [2.05, 4.69) is 52.5 Å². The average molecular weight is 428 g/mol. The highest BCUT2D eigenvalue weighted by Crippen LogP contribution is 2.20. The Morgan fingerprint density at radius 1 is 1.00 bits per heavy atom. The number of hydrogen-bond acceptors (Lipinski definition) is 3. The van der Waals surface area contributed by atoms with Gasteiger partial charge in [0.05, 0.1) is 6.61 Å². The predicted molar refractivity (Wildman–Crippen MR) is 129 cm³/mol. The fourth-order valence-corrected chi connectivity index (χ4v) is 3.93. The topological polar surface area (TPSA) is 69.3 Å². The average Bonchev–Trinajstić information content (AvgIpc) is 3.20. The van der Waals surface area contributed by atoms with Crippen molar-refractivity contribution in [3.05, 3.63) is 101 Å². The van der Waals surface area contributed by atoms with Crippen molar-refractivity contribution in [3.63, 3.8) is 0 Å². The fraction of sp³-hybridized carbons (Fsp3) is 0.222. The number of carbonyl (C=O) groups excluding carboxylic acids is 1. The van der Waals surface area contributed by atoms with Crippen LogP contribution in [0.2, 0.25) is 0 Å². The number of rotatable bonds is 10. The number of para-hydroxylation sites is 1. The van der Waals surface area contributed by atoms with Crippen LogP contribution in [0.25, 0.3) is 10.9 Å². The number of nitrogens with two attached hydrogens (primary N) is 1. The van der Waals surface area contributed by atoms with E-state index in [9.17, 15) is 4.79 Å². The normalized spacial score (nSPS) is 11.0. The van der Waals surface area contributed by atoms with Gasteiger partial charge < -0.3 is 20.4 Å². The van der Waals surface area contributed by atoms with Crippen molar-refractivity contribution in [1.82, 2.24) is 9.88 Å². The van der Waals surface area contributed by atoms with Gasteiger partial charge in [0, 0.05) is 30.4 Å². The van der Waals surface area contributed by atoms with Crippen LogP contribution < -0.4 is 15.8 Å². The maximum absolute atomic E-state index is 11.3. The highest BCUT2D eigenvalue weighted by Gasteiger charge is 2.06. The first-order valence-electron chi connectivity index (χ1n) is 11.0. The van der Waals surface area contributed by atoms with Crippen molar-refractivity contribution in [2.24, 2.45) is 5.73 Å². The van der Waals surface area contributed by atoms with E-state index in [1.807, 2.05) is 31.2 Å². The molecule has 1 amide bonds. The Bertz CT molecular complexity index is 1200. The largest absolute Gasteiger partial charge is 0.494 e. The van der Waals surface area contributed by atoms with Crippen molar-refractivity contribution in [3.8, 4) is 5.75 Å². The Morgan fingerprint density at radius 3 is 2.56 bits per heavy atom. The van der Waals surface area contributed by atoms with Crippen molar-refractivity contribution < 1.29 is 9.53 Å². The Hall–Kier alpha value is -3.57. The minimum atomic E-state index is -0.400. The zero-order chi connectivity index (χ0) is 22.3. The summed E-state index contributed by atoms with van der Waals surface area (Å²) < 4.78 is 7.93. The van der Waals surface area contributed by atoms with Gasteiger partial charge in [-0.2, -0.15) is 0 Å². The molecule has 0 atom stereocenters. The third kappa shape index (κ3) is 5.18. The number of nitrogens with one attached hydrogen (secondary N) is 1. The van der Waals surface area contributed by atoms with E-state index in [0.29, 0.717) is 12.2 Å². The Balaban J connectivity index is 1.35. The number of nitrogens with zero attached hydrogens (tertiary/aromatic N) is 1. The van der Waals surface area contributed by atoms with Gasteiger partial charge in [-0.15, -0.1) is 0 Å². The molecule has 3 aromatic carbocycles. The number of fused-ring (bicyclic) bond motifs is 1. The number of ether oxygens (including phenoxy) is 1. The molecule has 1 heterocycles. The third-order valence-electron chi connectivity index (χ3n) is 5.60. The number of aromatic nitrogens is 1. The number of benzene rings is 3. The zero-order valence-corrected chi connectivity index (χ0v) is 18.4. The second-order valence-electron chi connectivity index (χ2n) is 7.87. The molecule has 0 fully saturated rings. The van der Waals surface area contributed by atoms with Crippen LogP contribution in [-0.2, 0) is 19.5 Å². The van der Waals surface area contributed by atoms with Gasteiger partial charge in [0.15, 0.2) is 0 Å². The van der Waals surface area contributed by atoms with Crippen LogP contribution in [0.4, 0.5) is 0 Å². The summed E-state index contributed by atoms with van der Waals surface area (Å²) in [5, 5.41) is 4.77. The van der Waals surface area contributed by atoms with Crippen molar-refractivity contribution in [2.75, 3.05) is 13.2 Å². The van der Waals surface area contributed by atoms with Crippen molar-refractivity contribution >= 4 is 16.8 Å². The van der Waals surface area contributed by atoms with E-state index in [4.69, 9.17) is 10.5 Å². The molecule has 4 aromatic rings. The summed E-state index contributed by atoms with van der Waals surface area (Å²) in [5.74, 6) is 0.575. The predicted octanol–water partition coefficient (Wildman–Crippen LogP) is 4.52. The lowest BCUT2D eigenvalue weighted by molar-refractivity contribution is 0.100. The molecular weight excluding hydrogens is 398 g/mol. The summed E-state index contributed by atoms with van der Waals surface area (Å²) in [6, 6.07) is 24.4. The first kappa shape index (κ1) is 21.7. The Labute approximate surface area is 188 Å². The van der Waals surface area contributed by atoms with E-state index in [1.54, 1.807) is 12.1 Å². The van der Waals surface area contributed by atoms with Crippen LogP contribution in [0.15, 0.2) is 79.0 Å². The first-order chi connectivity index (χ1) is 15.6. The highest BCUT2D eigenvalue weighted by atomic mass is 16.5. The van der Waals surface area contributed by atoms with E-state index in [1.165, 1.54) is 22.0 Å². The monoisotopic (exact) mass is 427 g/mol. The SMILES string of the molecule is CCOc1ccccc1CCNCc1ccc2c(ccn2Cc2ccc(C(N)=O)cc2)c1. The highest BCUT2D eigenvalue weighted by molar-refractivity contribution is 5.92. The molecule has 0 spiro atoms. The van der Waals surface area contributed by atoms with Gasteiger partial charge in [0.25, 0.3) is 0 Å². The molecule has 0 saturated carbocycles. The van der Waals surface area contributed by atoms with Crippen molar-refractivity contribution in [2.45, 2.75) is 26.4 Å². The standard InChI is InChI=1S/C27H29N3O2/c1-2-32-26-6-4-3-5-22(26)13-15-29-18-21-9-12-25-24(17-21)14-16-30(25)19-20-7-10-23(11-8-20)27(28)31/h3-12,14,16-17,29H,2,13,15,18-19H2,1H3,(H2,28,31). The first-order valence-corrected chi connectivity index (χ1v) is 11.0. The molecule has 0 aliphatic rings. The molecule has 0 bridgehead atoms. The van der Waals surface area contributed by atoms with Crippen LogP contribution in [0.3, 0.4) is 0 Å². The third-order valence-corrected chi connectivity index (χ3v) is 5.60. The summed E-state index contributed by atoms with van der Waals surface area (Å²) in [7, 11) is 0. The van der Waals surface area contributed by atoms with Gasteiger partial charge in [0.1, 0.15) is 5.75 Å². The van der Waals surface area contributed by atoms with Gasteiger partial charge in [-0.05, 0) is 78.4 Å². The van der Waals surface area contributed by atoms with Crippen LogP contribution in [0, 0.1) is 0 Å². The minimum absolute atomic E-state index is 0.400. The fourth-order valence-electron chi connectivity index (χ4n) is 3.93. The zero-order valence-electron chi connectivity index (χ0n) is 18.4. The van der Waals surface area contributed by atoms with Crippen LogP contribution in [-0.4, -0.2) is 23.6 Å². The summed E-state index contributed by atoms with van der Waals surface area (Å²) in [4.78, 5) is 11.3. The second kappa shape index (κ2) is 10.2. The molecule has 1 aromatic heterocycles. The second-order valence-corrected chi connectivity index (χ2v) is 7.87. The lowest BCUT2D eigenvalue weighted by Crippen LogP contribution is -2.17. The van der Waals surface area contributed by atoms with Crippen LogP contribution in [0.5, 0.6) is 5.75 Å². The van der Waals surface area contributed by atoms with E-state index < -0.39 is 5.91 Å². The lowest BCUT2D eigenvalue weighted by Gasteiger charge is -2.11. The van der Waals surface area contributed by atoms with Gasteiger partial charge in [-0.25, -0.2) is 0 Å². The van der Waals surface area contributed by atoms with E-state index in [-0.39, 0.29) is 0 Å². The molecule has 0 aliphatic heterocycles. The van der Waals surface area contributed by atoms with E-state index >= 15 is 0 Å². The molecule has 32 heavy (non-hydrogen) atoms. The quantitative estimate of drug-likeness (QED) is 0.366. The van der Waals surface area contributed by atoms with Gasteiger partial charge in [-0.3, -0.25) is 4.79 Å². The molecular formula is C27H29N3O2. The Kier molecular flexibility index (Phi) is 6.87. The minimum Gasteiger partial charge on any atom is -0.494 e. The summed E-state index contributed by atoms with van der Waals surface area (Å²) in [5.41, 5.74) is 10.7. The molecule has 4 rings (SSSR count). The van der Waals surface area contributed by atoms with Crippen molar-refractivity contribution in [1.29, 1.82) is 0 Å². The summed E-state index contributed by atoms with van der Waals surface area (Å²) >= 11 is 0. The molecule has 5 heteroatoms. The molecule has 164 valence electrons. The molecule has 0 saturated heterocycles. The Morgan fingerprint density at radius 2 is 1.78 bits per heavy atom. The van der Waals surface area contributed by atoms with Gasteiger partial charge in [0.2, 0.25) is 5.91 Å². The number of primary amides is 1. The maximum atomic E-state index is 11.3. The van der Waals surface area contributed by atoms with E-state index in [0.717, 1.165) is 37.4 Å². The summed E-state index contributed by atoms with van der Waals surface area (Å²) in [6.45, 7) is 5.16. The molecule has 0 aliphatic carbocycles. The van der Waals surface area contributed by atoms with Gasteiger partial charge in [-0.1, -0.05) is 36.4 Å². The number of hydrogen-bond donors (Lipinski definition) is 2. The molecule has 5 nitrogen and oxygen atoms in total. The van der Waals surface area contributed by atoms with Crippen LogP contribution in [0.1, 0.15) is 34.0 Å². The lowest BCUT2D eigenvalue weighted by atomic mass is 10.1. The molecule has 0 unspecified atom stereocenters. The van der Waals surface area contributed by atoms with Gasteiger partial charge >= 0.3 is 0 Å². The maximum Gasteiger partial charge on any atom is 0.248 e. The molecule has 0 radical (unpaired) electrons. The number of carbonyl (C=O) groups is 1. The smallest absolute Gasteiger partial charge is 0.248 e. The van der Waals surface area contributed by atoms with Crippen LogP contribution >= 0.6 is 0 Å².